The average Bonchev–Trinajstić information content (AvgIpc) is 2.72. The zero-order valence-electron chi connectivity index (χ0n) is 18.1. The van der Waals surface area contributed by atoms with Crippen molar-refractivity contribution in [2.24, 2.45) is 0 Å². The number of carboxylic acid groups (broad SMARTS) is 2. The van der Waals surface area contributed by atoms with Crippen LogP contribution in [0.4, 0.5) is 0 Å². The first-order valence-electron chi connectivity index (χ1n) is 10.5. The highest BCUT2D eigenvalue weighted by Gasteiger charge is 2.18. The van der Waals surface area contributed by atoms with Crippen LogP contribution < -0.4 is 0 Å². The molecule has 0 saturated carbocycles. The van der Waals surface area contributed by atoms with Crippen molar-refractivity contribution in [3.05, 3.63) is 35.4 Å². The SMILES string of the molecule is Cc1ccc(CPN2CCN(C=O)CCN(CC(=O)O)CCN(CC(=O)O)CC2)cc1. The van der Waals surface area contributed by atoms with Crippen LogP contribution in [0, 0.1) is 6.92 Å². The molecule has 2 rings (SSSR count). The van der Waals surface area contributed by atoms with Gasteiger partial charge in [-0.3, -0.25) is 28.9 Å². The Labute approximate surface area is 185 Å². The summed E-state index contributed by atoms with van der Waals surface area (Å²) in [5, 5.41) is 18.4. The molecule has 0 bridgehead atoms. The van der Waals surface area contributed by atoms with Crippen LogP contribution in [0.25, 0.3) is 0 Å². The van der Waals surface area contributed by atoms with Crippen LogP contribution in [0.1, 0.15) is 11.1 Å². The van der Waals surface area contributed by atoms with E-state index in [0.717, 1.165) is 12.6 Å². The van der Waals surface area contributed by atoms with E-state index in [4.69, 9.17) is 5.11 Å². The molecule has 9 nitrogen and oxygen atoms in total. The molecule has 1 aromatic carbocycles. The summed E-state index contributed by atoms with van der Waals surface area (Å²) in [6.07, 6.45) is 1.73. The highest BCUT2D eigenvalue weighted by molar-refractivity contribution is 7.34. The maximum absolute atomic E-state index is 11.5. The standard InChI is InChI=1S/C21H33N4O5P/c1-18-2-4-19(5-3-18)16-31-25-12-10-23(15-21(29)30)7-6-22(14-20(27)28)8-9-24(17-26)11-13-25/h2-5,17,31H,6-16H2,1H3,(H,27,28)(H,29,30). The molecule has 1 fully saturated rings. The van der Waals surface area contributed by atoms with Gasteiger partial charge in [-0.05, 0) is 21.2 Å². The Bertz CT molecular complexity index is 718. The van der Waals surface area contributed by atoms with Gasteiger partial charge in [0.25, 0.3) is 0 Å². The van der Waals surface area contributed by atoms with Crippen molar-refractivity contribution in [2.75, 3.05) is 65.4 Å². The van der Waals surface area contributed by atoms with Crippen LogP contribution in [-0.2, 0) is 20.5 Å². The molecule has 31 heavy (non-hydrogen) atoms. The Morgan fingerprint density at radius 3 is 1.90 bits per heavy atom. The van der Waals surface area contributed by atoms with Crippen LogP contribution in [0.5, 0.6) is 0 Å². The maximum Gasteiger partial charge on any atom is 0.317 e. The van der Waals surface area contributed by atoms with Crippen LogP contribution in [0.3, 0.4) is 0 Å². The van der Waals surface area contributed by atoms with Gasteiger partial charge >= 0.3 is 11.9 Å². The number of aliphatic carboxylic acids is 2. The minimum Gasteiger partial charge on any atom is -0.480 e. The predicted molar refractivity (Wildman–Crippen MR) is 121 cm³/mol. The van der Waals surface area contributed by atoms with E-state index in [9.17, 15) is 19.5 Å². The van der Waals surface area contributed by atoms with Crippen molar-refractivity contribution in [1.82, 2.24) is 19.4 Å². The predicted octanol–water partition coefficient (Wildman–Crippen LogP) is 0.636. The van der Waals surface area contributed by atoms with Gasteiger partial charge in [-0.15, -0.1) is 0 Å². The van der Waals surface area contributed by atoms with E-state index in [0.29, 0.717) is 61.1 Å². The van der Waals surface area contributed by atoms with E-state index in [1.165, 1.54) is 11.1 Å². The van der Waals surface area contributed by atoms with Gasteiger partial charge in [0.1, 0.15) is 0 Å². The smallest absolute Gasteiger partial charge is 0.317 e. The van der Waals surface area contributed by atoms with Crippen LogP contribution in [0.15, 0.2) is 24.3 Å². The fourth-order valence-corrected chi connectivity index (χ4v) is 4.54. The van der Waals surface area contributed by atoms with Gasteiger partial charge < -0.3 is 15.1 Å². The van der Waals surface area contributed by atoms with Crippen molar-refractivity contribution in [1.29, 1.82) is 0 Å². The second kappa shape index (κ2) is 13.4. The first-order chi connectivity index (χ1) is 14.9. The van der Waals surface area contributed by atoms with Gasteiger partial charge in [-0.1, -0.05) is 29.8 Å². The molecule has 1 aliphatic heterocycles. The molecule has 172 valence electrons. The van der Waals surface area contributed by atoms with Crippen molar-refractivity contribution in [3.8, 4) is 0 Å². The molecule has 1 atom stereocenters. The number of hydrogen-bond donors (Lipinski definition) is 2. The highest BCUT2D eigenvalue weighted by atomic mass is 31.1. The van der Waals surface area contributed by atoms with Gasteiger partial charge in [-0.25, -0.2) is 0 Å². The molecule has 1 amide bonds. The molecule has 0 spiro atoms. The Hall–Kier alpha value is -2.06. The summed E-state index contributed by atoms with van der Waals surface area (Å²) in [6, 6.07) is 8.46. The van der Waals surface area contributed by atoms with Crippen molar-refractivity contribution < 1.29 is 24.6 Å². The largest absolute Gasteiger partial charge is 0.480 e. The van der Waals surface area contributed by atoms with Crippen LogP contribution >= 0.6 is 8.73 Å². The van der Waals surface area contributed by atoms with Crippen LogP contribution in [0.2, 0.25) is 0 Å². The van der Waals surface area contributed by atoms with E-state index in [2.05, 4.69) is 35.9 Å². The molecular formula is C21H33N4O5P. The molecule has 1 aromatic rings. The van der Waals surface area contributed by atoms with Gasteiger partial charge in [0.15, 0.2) is 0 Å². The topological polar surface area (TPSA) is 105 Å². The third-order valence-corrected chi connectivity index (χ3v) is 6.73. The van der Waals surface area contributed by atoms with Gasteiger partial charge in [-0.2, -0.15) is 0 Å². The average molecular weight is 452 g/mol. The molecule has 2 N–H and O–H groups in total. The van der Waals surface area contributed by atoms with Gasteiger partial charge in [0.2, 0.25) is 6.41 Å². The van der Waals surface area contributed by atoms with E-state index in [-0.39, 0.29) is 13.1 Å². The molecule has 0 radical (unpaired) electrons. The fourth-order valence-electron chi connectivity index (χ4n) is 3.38. The van der Waals surface area contributed by atoms with Crippen molar-refractivity contribution in [3.63, 3.8) is 0 Å². The normalized spacial score (nSPS) is 18.5. The van der Waals surface area contributed by atoms with Crippen LogP contribution in [-0.4, -0.2) is 113 Å². The number of carboxylic acids is 2. The number of rotatable bonds is 8. The third-order valence-electron chi connectivity index (χ3n) is 5.27. The molecule has 1 saturated heterocycles. The van der Waals surface area contributed by atoms with E-state index in [1.54, 1.807) is 9.80 Å². The zero-order valence-corrected chi connectivity index (χ0v) is 19.1. The first kappa shape index (κ1) is 25.2. The maximum atomic E-state index is 11.5. The highest BCUT2D eigenvalue weighted by Crippen LogP contribution is 2.24. The minimum atomic E-state index is -0.932. The molecule has 0 aromatic heterocycles. The number of nitrogens with zero attached hydrogens (tertiary/aromatic N) is 4. The minimum absolute atomic E-state index is 0.0731. The molecular weight excluding hydrogens is 419 g/mol. The number of carbonyl (C=O) groups excluding carboxylic acids is 1. The lowest BCUT2D eigenvalue weighted by molar-refractivity contribution is -0.140. The number of aryl methyl sites for hydroxylation is 1. The summed E-state index contributed by atoms with van der Waals surface area (Å²) in [5.41, 5.74) is 2.48. The second-order valence-electron chi connectivity index (χ2n) is 7.79. The first-order valence-corrected chi connectivity index (χ1v) is 11.6. The van der Waals surface area contributed by atoms with Gasteiger partial charge in [0, 0.05) is 58.5 Å². The lowest BCUT2D eigenvalue weighted by atomic mass is 10.2. The number of benzene rings is 1. The summed E-state index contributed by atoms with van der Waals surface area (Å²) >= 11 is 0. The Morgan fingerprint density at radius 2 is 1.35 bits per heavy atom. The van der Waals surface area contributed by atoms with Gasteiger partial charge in [0.05, 0.1) is 13.1 Å². The summed E-state index contributed by atoms with van der Waals surface area (Å²) < 4.78 is 2.29. The number of hydrogen-bond acceptors (Lipinski definition) is 6. The Balaban J connectivity index is 2.04. The fraction of sp³-hybridized carbons (Fsp3) is 0.571. The van der Waals surface area contributed by atoms with Crippen molar-refractivity contribution in [2.45, 2.75) is 13.1 Å². The van der Waals surface area contributed by atoms with E-state index in [1.807, 2.05) is 4.90 Å². The van der Waals surface area contributed by atoms with E-state index >= 15 is 0 Å². The quantitative estimate of drug-likeness (QED) is 0.437. The molecule has 1 aliphatic rings. The molecule has 0 aliphatic carbocycles. The molecule has 1 heterocycles. The lowest BCUT2D eigenvalue weighted by Gasteiger charge is -2.32. The summed E-state index contributed by atoms with van der Waals surface area (Å²) in [5.74, 6) is -1.82. The summed E-state index contributed by atoms with van der Waals surface area (Å²) in [4.78, 5) is 39.3. The molecule has 10 heteroatoms. The Kier molecular flexibility index (Phi) is 10.9. The monoisotopic (exact) mass is 452 g/mol. The Morgan fingerprint density at radius 1 is 0.871 bits per heavy atom. The van der Waals surface area contributed by atoms with Crippen molar-refractivity contribution >= 4 is 27.1 Å². The summed E-state index contributed by atoms with van der Waals surface area (Å²) in [7, 11) is 0.536. The zero-order chi connectivity index (χ0) is 22.6. The lowest BCUT2D eigenvalue weighted by Crippen LogP contribution is -2.46. The second-order valence-corrected chi connectivity index (χ2v) is 9.09. The third kappa shape index (κ3) is 10.2. The summed E-state index contributed by atoms with van der Waals surface area (Å²) in [6.45, 7) is 6.19. The molecule has 1 unspecified atom stereocenters. The number of amides is 1. The van der Waals surface area contributed by atoms with E-state index < -0.39 is 11.9 Å². The number of carbonyl (C=O) groups is 3.